The van der Waals surface area contributed by atoms with E-state index in [1.165, 1.54) is 0 Å². The van der Waals surface area contributed by atoms with Gasteiger partial charge in [-0.1, -0.05) is 18.2 Å². The number of nitrogens with one attached hydrogen (secondary N) is 2. The fraction of sp³-hybridized carbons (Fsp3) is 0.462. The minimum Gasteiger partial charge on any atom is -0.323 e. The molecule has 1 aliphatic rings. The van der Waals surface area contributed by atoms with Crippen LogP contribution in [0.2, 0.25) is 0 Å². The normalized spacial score (nSPS) is 17.1. The van der Waals surface area contributed by atoms with Crippen molar-refractivity contribution in [1.82, 2.24) is 10.2 Å². The maximum Gasteiger partial charge on any atom is 0.321 e. The number of rotatable bonds is 1. The van der Waals surface area contributed by atoms with Gasteiger partial charge in [0.1, 0.15) is 0 Å². The molecule has 2 amide bonds. The Kier molecular flexibility index (Phi) is 4.38. The zero-order valence-electron chi connectivity index (χ0n) is 9.98. The van der Waals surface area contributed by atoms with Gasteiger partial charge in [0.2, 0.25) is 0 Å². The average Bonchev–Trinajstić information content (AvgIpc) is 2.29. The Morgan fingerprint density at radius 1 is 1.12 bits per heavy atom. The molecule has 4 heteroatoms. The molecule has 0 unspecified atom stereocenters. The molecule has 17 heavy (non-hydrogen) atoms. The van der Waals surface area contributed by atoms with Gasteiger partial charge in [0.15, 0.2) is 0 Å². The van der Waals surface area contributed by atoms with E-state index >= 15 is 0 Å². The Morgan fingerprint density at radius 3 is 2.76 bits per heavy atom. The minimum atomic E-state index is -0.0000926. The van der Waals surface area contributed by atoms with Gasteiger partial charge in [0.25, 0.3) is 0 Å². The highest BCUT2D eigenvalue weighted by Gasteiger charge is 2.14. The van der Waals surface area contributed by atoms with E-state index in [4.69, 9.17) is 0 Å². The van der Waals surface area contributed by atoms with E-state index < -0.39 is 0 Å². The Balaban J connectivity index is 1.89. The largest absolute Gasteiger partial charge is 0.323 e. The van der Waals surface area contributed by atoms with Crippen molar-refractivity contribution in [3.05, 3.63) is 30.3 Å². The predicted molar refractivity (Wildman–Crippen MR) is 69.1 cm³/mol. The lowest BCUT2D eigenvalue weighted by atomic mass is 10.2. The summed E-state index contributed by atoms with van der Waals surface area (Å²) in [5, 5.41) is 6.23. The smallest absolute Gasteiger partial charge is 0.321 e. The van der Waals surface area contributed by atoms with Crippen molar-refractivity contribution in [1.29, 1.82) is 0 Å². The predicted octanol–water partition coefficient (Wildman–Crippen LogP) is 1.90. The van der Waals surface area contributed by atoms with Crippen LogP contribution in [0, 0.1) is 0 Å². The second kappa shape index (κ2) is 6.25. The van der Waals surface area contributed by atoms with Gasteiger partial charge in [-0.25, -0.2) is 4.79 Å². The van der Waals surface area contributed by atoms with Gasteiger partial charge < -0.3 is 15.5 Å². The van der Waals surface area contributed by atoms with Crippen molar-refractivity contribution >= 4 is 11.7 Å². The summed E-state index contributed by atoms with van der Waals surface area (Å²) in [4.78, 5) is 13.9. The van der Waals surface area contributed by atoms with E-state index in [0.29, 0.717) is 0 Å². The standard InChI is InChI=1S/C13H19N3O/c17-13(15-12-6-2-1-3-7-12)16-10-5-4-8-14-9-11-16/h1-3,6-7,14H,4-5,8-11H2,(H,15,17). The van der Waals surface area contributed by atoms with Crippen LogP contribution in [0.3, 0.4) is 0 Å². The molecule has 92 valence electrons. The van der Waals surface area contributed by atoms with Crippen molar-refractivity contribution in [2.75, 3.05) is 31.5 Å². The molecule has 2 rings (SSSR count). The molecule has 2 N–H and O–H groups in total. The molecule has 1 fully saturated rings. The Hall–Kier alpha value is -1.55. The van der Waals surface area contributed by atoms with Gasteiger partial charge in [0, 0.05) is 25.3 Å². The van der Waals surface area contributed by atoms with E-state index in [-0.39, 0.29) is 6.03 Å². The van der Waals surface area contributed by atoms with Crippen LogP contribution in [0.1, 0.15) is 12.8 Å². The summed E-state index contributed by atoms with van der Waals surface area (Å²) in [7, 11) is 0. The lowest BCUT2D eigenvalue weighted by molar-refractivity contribution is 0.208. The first-order chi connectivity index (χ1) is 8.36. The molecule has 0 atom stereocenters. The van der Waals surface area contributed by atoms with Crippen molar-refractivity contribution in [3.8, 4) is 0 Å². The third-order valence-electron chi connectivity index (χ3n) is 2.90. The molecule has 1 heterocycles. The molecule has 4 nitrogen and oxygen atoms in total. The van der Waals surface area contributed by atoms with E-state index in [0.717, 1.165) is 44.7 Å². The fourth-order valence-corrected chi connectivity index (χ4v) is 1.93. The molecule has 0 spiro atoms. The number of urea groups is 1. The molecule has 1 saturated heterocycles. The SMILES string of the molecule is O=C(Nc1ccccc1)N1CCCCNCC1. The highest BCUT2D eigenvalue weighted by Crippen LogP contribution is 2.07. The summed E-state index contributed by atoms with van der Waals surface area (Å²) in [5.41, 5.74) is 0.854. The van der Waals surface area contributed by atoms with Gasteiger partial charge in [-0.3, -0.25) is 0 Å². The molecule has 0 radical (unpaired) electrons. The minimum absolute atomic E-state index is 0.0000926. The number of nitrogens with zero attached hydrogens (tertiary/aromatic N) is 1. The van der Waals surface area contributed by atoms with Crippen LogP contribution in [0.15, 0.2) is 30.3 Å². The molecule has 1 aliphatic heterocycles. The number of carbonyl (C=O) groups is 1. The number of hydrogen-bond acceptors (Lipinski definition) is 2. The van der Waals surface area contributed by atoms with Crippen molar-refractivity contribution in [2.45, 2.75) is 12.8 Å². The summed E-state index contributed by atoms with van der Waals surface area (Å²) >= 11 is 0. The Labute approximate surface area is 102 Å². The molecular formula is C13H19N3O. The van der Waals surface area contributed by atoms with Crippen LogP contribution >= 0.6 is 0 Å². The lowest BCUT2D eigenvalue weighted by Crippen LogP contribution is -2.42. The van der Waals surface area contributed by atoms with Crippen molar-refractivity contribution in [3.63, 3.8) is 0 Å². The van der Waals surface area contributed by atoms with Gasteiger partial charge in [-0.15, -0.1) is 0 Å². The van der Waals surface area contributed by atoms with Crippen LogP contribution in [0.25, 0.3) is 0 Å². The summed E-state index contributed by atoms with van der Waals surface area (Å²) in [5.74, 6) is 0. The third-order valence-corrected chi connectivity index (χ3v) is 2.90. The summed E-state index contributed by atoms with van der Waals surface area (Å²) in [6.07, 6.45) is 2.20. The van der Waals surface area contributed by atoms with Crippen LogP contribution in [-0.4, -0.2) is 37.1 Å². The zero-order valence-corrected chi connectivity index (χ0v) is 9.98. The van der Waals surface area contributed by atoms with Crippen LogP contribution in [0.5, 0.6) is 0 Å². The maximum absolute atomic E-state index is 12.0. The summed E-state index contributed by atoms with van der Waals surface area (Å²) in [6, 6.07) is 9.59. The van der Waals surface area contributed by atoms with Gasteiger partial charge in [0.05, 0.1) is 0 Å². The average molecular weight is 233 g/mol. The Morgan fingerprint density at radius 2 is 1.94 bits per heavy atom. The van der Waals surface area contributed by atoms with Gasteiger partial charge in [-0.2, -0.15) is 0 Å². The fourth-order valence-electron chi connectivity index (χ4n) is 1.93. The molecule has 0 aromatic heterocycles. The zero-order chi connectivity index (χ0) is 11.9. The second-order valence-corrected chi connectivity index (χ2v) is 4.24. The van der Waals surface area contributed by atoms with Crippen LogP contribution in [0.4, 0.5) is 10.5 Å². The van der Waals surface area contributed by atoms with E-state index in [1.54, 1.807) is 0 Å². The monoisotopic (exact) mass is 233 g/mol. The first kappa shape index (κ1) is 11.9. The Bertz CT molecular complexity index is 345. The highest BCUT2D eigenvalue weighted by atomic mass is 16.2. The van der Waals surface area contributed by atoms with Crippen LogP contribution in [-0.2, 0) is 0 Å². The van der Waals surface area contributed by atoms with E-state index in [2.05, 4.69) is 10.6 Å². The van der Waals surface area contributed by atoms with Gasteiger partial charge in [-0.05, 0) is 31.5 Å². The number of hydrogen-bond donors (Lipinski definition) is 2. The second-order valence-electron chi connectivity index (χ2n) is 4.24. The van der Waals surface area contributed by atoms with Crippen molar-refractivity contribution in [2.24, 2.45) is 0 Å². The number of para-hydroxylation sites is 1. The molecule has 0 bridgehead atoms. The summed E-state index contributed by atoms with van der Waals surface area (Å²) in [6.45, 7) is 3.56. The van der Waals surface area contributed by atoms with Crippen LogP contribution < -0.4 is 10.6 Å². The molecule has 1 aromatic carbocycles. The number of amides is 2. The number of carbonyl (C=O) groups excluding carboxylic acids is 1. The highest BCUT2D eigenvalue weighted by molar-refractivity contribution is 5.89. The molecule has 1 aromatic rings. The topological polar surface area (TPSA) is 44.4 Å². The molecular weight excluding hydrogens is 214 g/mol. The first-order valence-electron chi connectivity index (χ1n) is 6.18. The van der Waals surface area contributed by atoms with E-state index in [1.807, 2.05) is 35.2 Å². The number of benzene rings is 1. The molecule has 0 aliphatic carbocycles. The quantitative estimate of drug-likeness (QED) is 0.778. The van der Waals surface area contributed by atoms with Crippen molar-refractivity contribution < 1.29 is 4.79 Å². The first-order valence-corrected chi connectivity index (χ1v) is 6.18. The molecule has 0 saturated carbocycles. The number of anilines is 1. The van der Waals surface area contributed by atoms with E-state index in [9.17, 15) is 4.79 Å². The third kappa shape index (κ3) is 3.75. The maximum atomic E-state index is 12.0. The lowest BCUT2D eigenvalue weighted by Gasteiger charge is -2.25. The summed E-state index contributed by atoms with van der Waals surface area (Å²) < 4.78 is 0. The van der Waals surface area contributed by atoms with Gasteiger partial charge >= 0.3 is 6.03 Å².